The number of fused-ring (bicyclic) bond motifs is 1. The van der Waals surface area contributed by atoms with E-state index in [1.54, 1.807) is 31.2 Å². The van der Waals surface area contributed by atoms with Crippen molar-refractivity contribution >= 4 is 11.8 Å². The van der Waals surface area contributed by atoms with E-state index in [1.165, 1.54) is 22.1 Å². The molecule has 1 heterocycles. The highest BCUT2D eigenvalue weighted by atomic mass is 16.5. The molecule has 1 aromatic heterocycles. The summed E-state index contributed by atoms with van der Waals surface area (Å²) < 4.78 is 6.85. The van der Waals surface area contributed by atoms with Crippen LogP contribution in [0.3, 0.4) is 0 Å². The van der Waals surface area contributed by atoms with Gasteiger partial charge in [-0.2, -0.15) is 0 Å². The maximum Gasteiger partial charge on any atom is 0.338 e. The molecule has 0 radical (unpaired) electrons. The third-order valence-corrected chi connectivity index (χ3v) is 4.75. The molecule has 0 fully saturated rings. The first-order chi connectivity index (χ1) is 13.1. The van der Waals surface area contributed by atoms with Gasteiger partial charge in [0.2, 0.25) is 5.78 Å². The fraction of sp³-hybridized carbons (Fsp3) is 0.250. The van der Waals surface area contributed by atoms with Gasteiger partial charge in [0.15, 0.2) is 6.10 Å². The second-order valence-corrected chi connectivity index (χ2v) is 6.55. The number of esters is 1. The lowest BCUT2D eigenvalue weighted by Gasteiger charge is -2.13. The van der Waals surface area contributed by atoms with Crippen LogP contribution in [-0.4, -0.2) is 38.1 Å². The van der Waals surface area contributed by atoms with Crippen LogP contribution in [0.25, 0.3) is 5.69 Å². The zero-order valence-electron chi connectivity index (χ0n) is 14.8. The fourth-order valence-electron chi connectivity index (χ4n) is 3.27. The smallest absolute Gasteiger partial charge is 0.338 e. The molecular weight excluding hydrogens is 344 g/mol. The monoisotopic (exact) mass is 362 g/mol. The van der Waals surface area contributed by atoms with E-state index in [9.17, 15) is 9.59 Å². The van der Waals surface area contributed by atoms with Crippen molar-refractivity contribution in [2.75, 3.05) is 0 Å². The molecule has 0 bridgehead atoms. The molecule has 0 saturated carbocycles. The summed E-state index contributed by atoms with van der Waals surface area (Å²) in [7, 11) is 0. The number of carbonyl (C=O) groups excluding carboxylic acids is 2. The molecule has 1 atom stereocenters. The van der Waals surface area contributed by atoms with Crippen LogP contribution in [0.2, 0.25) is 0 Å². The summed E-state index contributed by atoms with van der Waals surface area (Å²) in [6.07, 6.45) is 3.80. The van der Waals surface area contributed by atoms with E-state index >= 15 is 0 Å². The quantitative estimate of drug-likeness (QED) is 0.512. The first-order valence-corrected chi connectivity index (χ1v) is 8.82. The first kappa shape index (κ1) is 17.1. The van der Waals surface area contributed by atoms with Crippen molar-refractivity contribution in [1.82, 2.24) is 20.2 Å². The van der Waals surface area contributed by atoms with Crippen LogP contribution in [0.4, 0.5) is 0 Å². The molecule has 3 aromatic rings. The van der Waals surface area contributed by atoms with Crippen LogP contribution in [0.5, 0.6) is 0 Å². The lowest BCUT2D eigenvalue weighted by atomic mass is 10.0. The lowest BCUT2D eigenvalue weighted by molar-refractivity contribution is 0.0319. The predicted molar refractivity (Wildman–Crippen MR) is 96.8 cm³/mol. The second-order valence-electron chi connectivity index (χ2n) is 6.55. The van der Waals surface area contributed by atoms with Gasteiger partial charge in [-0.05, 0) is 78.1 Å². The van der Waals surface area contributed by atoms with E-state index in [0.717, 1.165) is 24.9 Å². The molecule has 1 aliphatic rings. The molecule has 0 aliphatic heterocycles. The van der Waals surface area contributed by atoms with E-state index in [1.807, 2.05) is 18.2 Å². The van der Waals surface area contributed by atoms with Gasteiger partial charge in [0.25, 0.3) is 0 Å². The zero-order valence-corrected chi connectivity index (χ0v) is 14.8. The van der Waals surface area contributed by atoms with Gasteiger partial charge in [0.05, 0.1) is 11.3 Å². The van der Waals surface area contributed by atoms with Crippen LogP contribution >= 0.6 is 0 Å². The van der Waals surface area contributed by atoms with E-state index in [4.69, 9.17) is 4.74 Å². The second kappa shape index (κ2) is 7.11. The van der Waals surface area contributed by atoms with Gasteiger partial charge in [0.1, 0.15) is 6.33 Å². The fourth-order valence-corrected chi connectivity index (χ4v) is 3.27. The van der Waals surface area contributed by atoms with Crippen molar-refractivity contribution in [2.45, 2.75) is 32.3 Å². The third kappa shape index (κ3) is 3.48. The standard InChI is InChI=1S/C20H18N4O3/c1-13(19(25)17-6-5-14-3-2-4-16(14)11-17)27-20(26)15-7-9-18(10-8-15)24-12-21-22-23-24/h5-13H,2-4H2,1H3/t13-/m0/s1. The van der Waals surface area contributed by atoms with Crippen LogP contribution in [0.15, 0.2) is 48.8 Å². The summed E-state index contributed by atoms with van der Waals surface area (Å²) in [4.78, 5) is 25.0. The molecule has 7 nitrogen and oxygen atoms in total. The molecule has 136 valence electrons. The van der Waals surface area contributed by atoms with Crippen molar-refractivity contribution in [1.29, 1.82) is 0 Å². The molecular formula is C20H18N4O3. The Bertz CT molecular complexity index is 981. The van der Waals surface area contributed by atoms with Crippen molar-refractivity contribution in [3.8, 4) is 5.69 Å². The number of Topliss-reactive ketones (excluding diaryl/α,β-unsaturated/α-hetero) is 1. The highest BCUT2D eigenvalue weighted by Gasteiger charge is 2.22. The molecule has 0 N–H and O–H groups in total. The Morgan fingerprint density at radius 2 is 1.78 bits per heavy atom. The molecule has 2 aromatic carbocycles. The van der Waals surface area contributed by atoms with E-state index in [0.29, 0.717) is 11.1 Å². The summed E-state index contributed by atoms with van der Waals surface area (Å²) in [5.41, 5.74) is 4.20. The predicted octanol–water partition coefficient (Wildman–Crippen LogP) is 2.58. The Morgan fingerprint density at radius 1 is 1.04 bits per heavy atom. The van der Waals surface area contributed by atoms with Gasteiger partial charge >= 0.3 is 5.97 Å². The number of hydrogen-bond acceptors (Lipinski definition) is 6. The minimum Gasteiger partial charge on any atom is -0.451 e. The van der Waals surface area contributed by atoms with Gasteiger partial charge in [-0.1, -0.05) is 12.1 Å². The number of tetrazole rings is 1. The number of ketones is 1. The maximum atomic E-state index is 12.6. The number of rotatable bonds is 5. The molecule has 7 heteroatoms. The molecule has 0 amide bonds. The van der Waals surface area contributed by atoms with Crippen molar-refractivity contribution in [3.63, 3.8) is 0 Å². The average Bonchev–Trinajstić information content (AvgIpc) is 3.38. The number of carbonyl (C=O) groups is 2. The Kier molecular flexibility index (Phi) is 4.50. The SMILES string of the molecule is C[C@H](OC(=O)c1ccc(-n2cnnn2)cc1)C(=O)c1ccc2c(c1)CCC2. The van der Waals surface area contributed by atoms with Gasteiger partial charge < -0.3 is 4.74 Å². The Hall–Kier alpha value is -3.35. The number of nitrogens with zero attached hydrogens (tertiary/aromatic N) is 4. The topological polar surface area (TPSA) is 87.0 Å². The van der Waals surface area contributed by atoms with Crippen LogP contribution in [0.1, 0.15) is 45.2 Å². The van der Waals surface area contributed by atoms with Crippen molar-refractivity contribution in [3.05, 3.63) is 71.0 Å². The van der Waals surface area contributed by atoms with E-state index in [2.05, 4.69) is 15.5 Å². The average molecular weight is 362 g/mol. The number of aromatic nitrogens is 4. The molecule has 27 heavy (non-hydrogen) atoms. The summed E-state index contributed by atoms with van der Waals surface area (Å²) in [6.45, 7) is 1.60. The minimum absolute atomic E-state index is 0.191. The number of hydrogen-bond donors (Lipinski definition) is 0. The maximum absolute atomic E-state index is 12.6. The Morgan fingerprint density at radius 3 is 2.52 bits per heavy atom. The number of ether oxygens (including phenoxy) is 1. The normalized spacial score (nSPS) is 13.8. The molecule has 1 aliphatic carbocycles. The number of aryl methyl sites for hydroxylation is 2. The van der Waals surface area contributed by atoms with Gasteiger partial charge in [-0.15, -0.1) is 5.10 Å². The zero-order chi connectivity index (χ0) is 18.8. The summed E-state index contributed by atoms with van der Waals surface area (Å²) in [6, 6.07) is 12.4. The lowest BCUT2D eigenvalue weighted by Crippen LogP contribution is -2.24. The van der Waals surface area contributed by atoms with Crippen LogP contribution in [0, 0.1) is 0 Å². The van der Waals surface area contributed by atoms with E-state index in [-0.39, 0.29) is 5.78 Å². The van der Waals surface area contributed by atoms with Crippen LogP contribution < -0.4 is 0 Å². The highest BCUT2D eigenvalue weighted by molar-refractivity contribution is 6.01. The highest BCUT2D eigenvalue weighted by Crippen LogP contribution is 2.23. The van der Waals surface area contributed by atoms with Gasteiger partial charge in [0, 0.05) is 5.56 Å². The summed E-state index contributed by atoms with van der Waals surface area (Å²) in [5, 5.41) is 10.9. The molecule has 4 rings (SSSR count). The third-order valence-electron chi connectivity index (χ3n) is 4.75. The minimum atomic E-state index is -0.851. The Labute approximate surface area is 156 Å². The molecule has 0 spiro atoms. The Balaban J connectivity index is 1.43. The number of benzene rings is 2. The van der Waals surface area contributed by atoms with Gasteiger partial charge in [-0.25, -0.2) is 9.48 Å². The van der Waals surface area contributed by atoms with Crippen molar-refractivity contribution in [2.24, 2.45) is 0 Å². The largest absolute Gasteiger partial charge is 0.451 e. The van der Waals surface area contributed by atoms with Crippen LogP contribution in [-0.2, 0) is 17.6 Å². The molecule has 0 unspecified atom stereocenters. The first-order valence-electron chi connectivity index (χ1n) is 8.82. The molecule has 0 saturated heterocycles. The van der Waals surface area contributed by atoms with E-state index < -0.39 is 12.1 Å². The van der Waals surface area contributed by atoms with Crippen molar-refractivity contribution < 1.29 is 14.3 Å². The van der Waals surface area contributed by atoms with Gasteiger partial charge in [-0.3, -0.25) is 4.79 Å². The summed E-state index contributed by atoms with van der Waals surface area (Å²) >= 11 is 0. The summed E-state index contributed by atoms with van der Waals surface area (Å²) in [5.74, 6) is -0.733.